The Morgan fingerprint density at radius 2 is 1.85 bits per heavy atom. The van der Waals surface area contributed by atoms with Gasteiger partial charge in [0.2, 0.25) is 8.32 Å². The molecule has 0 aliphatic heterocycles. The van der Waals surface area contributed by atoms with Crippen molar-refractivity contribution in [3.05, 3.63) is 42.2 Å². The second kappa shape index (κ2) is 5.92. The van der Waals surface area contributed by atoms with E-state index in [9.17, 15) is 0 Å². The minimum absolute atomic E-state index is 0.528. The van der Waals surface area contributed by atoms with E-state index >= 15 is 0 Å². The number of aryl methyl sites for hydroxylation is 1. The summed E-state index contributed by atoms with van der Waals surface area (Å²) in [4.78, 5) is 16.3. The zero-order chi connectivity index (χ0) is 14.6. The molecule has 0 aliphatic carbocycles. The molecule has 20 heavy (non-hydrogen) atoms. The van der Waals surface area contributed by atoms with Crippen LogP contribution < -0.4 is 4.43 Å². The summed E-state index contributed by atoms with van der Waals surface area (Å²) in [6, 6.07) is 5.98. The molecule has 2 aromatic rings. The van der Waals surface area contributed by atoms with Gasteiger partial charge >= 0.3 is 0 Å². The Hall–Kier alpha value is -2.08. The van der Waals surface area contributed by atoms with Crippen molar-refractivity contribution in [2.24, 2.45) is 4.99 Å². The Bertz CT molecular complexity index is 608. The molecule has 5 nitrogen and oxygen atoms in total. The highest BCUT2D eigenvalue weighted by molar-refractivity contribution is 6.70. The van der Waals surface area contributed by atoms with Crippen LogP contribution in [-0.4, -0.2) is 29.5 Å². The summed E-state index contributed by atoms with van der Waals surface area (Å²) in [7, 11) is -1.67. The molecular weight excluding hydrogens is 268 g/mol. The lowest BCUT2D eigenvalue weighted by Crippen LogP contribution is -2.29. The molecule has 0 spiro atoms. The third kappa shape index (κ3) is 4.24. The lowest BCUT2D eigenvalue weighted by atomic mass is 10.2. The Labute approximate surface area is 119 Å². The SMILES string of the molecule is Cc1ccc(O[Si](C)(C)C)c(/N=C/c2ncncn2)c1. The van der Waals surface area contributed by atoms with Gasteiger partial charge in [-0.1, -0.05) is 6.07 Å². The van der Waals surface area contributed by atoms with E-state index in [-0.39, 0.29) is 0 Å². The van der Waals surface area contributed by atoms with Crippen LogP contribution in [0.15, 0.2) is 35.8 Å². The van der Waals surface area contributed by atoms with Crippen LogP contribution in [-0.2, 0) is 0 Å². The van der Waals surface area contributed by atoms with Gasteiger partial charge in [0.25, 0.3) is 0 Å². The summed E-state index contributed by atoms with van der Waals surface area (Å²) in [5, 5.41) is 0. The largest absolute Gasteiger partial charge is 0.543 e. The summed E-state index contributed by atoms with van der Waals surface area (Å²) in [5.74, 6) is 1.33. The summed E-state index contributed by atoms with van der Waals surface area (Å²) < 4.78 is 6.05. The molecule has 0 saturated heterocycles. The van der Waals surface area contributed by atoms with E-state index in [0.717, 1.165) is 17.0 Å². The molecule has 0 bridgehead atoms. The van der Waals surface area contributed by atoms with Crippen molar-refractivity contribution in [1.29, 1.82) is 0 Å². The molecule has 0 unspecified atom stereocenters. The molecule has 104 valence electrons. The Morgan fingerprint density at radius 3 is 2.50 bits per heavy atom. The monoisotopic (exact) mass is 286 g/mol. The van der Waals surface area contributed by atoms with E-state index in [2.05, 4.69) is 39.6 Å². The second-order valence-electron chi connectivity index (χ2n) is 5.44. The van der Waals surface area contributed by atoms with Crippen LogP contribution in [0.25, 0.3) is 0 Å². The molecule has 0 radical (unpaired) electrons. The Morgan fingerprint density at radius 1 is 1.15 bits per heavy atom. The lowest BCUT2D eigenvalue weighted by Gasteiger charge is -2.20. The van der Waals surface area contributed by atoms with Crippen molar-refractivity contribution in [1.82, 2.24) is 15.0 Å². The first-order valence-electron chi connectivity index (χ1n) is 6.40. The first-order chi connectivity index (χ1) is 9.44. The third-order valence-corrected chi connectivity index (χ3v) is 3.20. The minimum atomic E-state index is -1.67. The molecule has 0 saturated carbocycles. The first kappa shape index (κ1) is 14.3. The van der Waals surface area contributed by atoms with Crippen molar-refractivity contribution in [3.8, 4) is 5.75 Å². The fourth-order valence-corrected chi connectivity index (χ4v) is 2.42. The van der Waals surface area contributed by atoms with Crippen molar-refractivity contribution in [2.75, 3.05) is 0 Å². The molecule has 2 rings (SSSR count). The van der Waals surface area contributed by atoms with Gasteiger partial charge in [-0.3, -0.25) is 0 Å². The predicted molar refractivity (Wildman–Crippen MR) is 82.2 cm³/mol. The summed E-state index contributed by atoms with van der Waals surface area (Å²) in [5.41, 5.74) is 1.93. The van der Waals surface area contributed by atoms with Crippen molar-refractivity contribution in [3.63, 3.8) is 0 Å². The molecule has 1 aromatic heterocycles. The summed E-state index contributed by atoms with van der Waals surface area (Å²) in [6.07, 6.45) is 4.52. The van der Waals surface area contributed by atoms with E-state index in [1.807, 2.05) is 25.1 Å². The van der Waals surface area contributed by atoms with E-state index in [0.29, 0.717) is 5.82 Å². The van der Waals surface area contributed by atoms with Gasteiger partial charge in [0.15, 0.2) is 5.82 Å². The number of aromatic nitrogens is 3. The van der Waals surface area contributed by atoms with Gasteiger partial charge in [0, 0.05) is 0 Å². The van der Waals surface area contributed by atoms with Crippen LogP contribution >= 0.6 is 0 Å². The minimum Gasteiger partial charge on any atom is -0.543 e. The smallest absolute Gasteiger partial charge is 0.242 e. The molecule has 0 aliphatic rings. The Balaban J connectivity index is 2.30. The third-order valence-electron chi connectivity index (χ3n) is 2.36. The standard InChI is InChI=1S/C14H18N4OSi/c1-11-5-6-13(19-20(2,3)4)12(7-11)16-8-14-17-9-15-10-18-14/h5-10H,1-4H3/b16-8+. The normalized spacial score (nSPS) is 11.8. The van der Waals surface area contributed by atoms with Crippen LogP contribution in [0.5, 0.6) is 5.75 Å². The van der Waals surface area contributed by atoms with Crippen LogP contribution in [0, 0.1) is 6.92 Å². The fourth-order valence-electron chi connectivity index (χ4n) is 1.59. The molecule has 1 aromatic carbocycles. The van der Waals surface area contributed by atoms with Crippen LogP contribution in [0.3, 0.4) is 0 Å². The van der Waals surface area contributed by atoms with Gasteiger partial charge < -0.3 is 4.43 Å². The number of hydrogen-bond acceptors (Lipinski definition) is 5. The maximum absolute atomic E-state index is 6.05. The number of benzene rings is 1. The van der Waals surface area contributed by atoms with Gasteiger partial charge in [0.1, 0.15) is 24.1 Å². The van der Waals surface area contributed by atoms with Gasteiger partial charge in [-0.15, -0.1) is 0 Å². The van der Waals surface area contributed by atoms with Crippen LogP contribution in [0.4, 0.5) is 5.69 Å². The van der Waals surface area contributed by atoms with Crippen LogP contribution in [0.1, 0.15) is 11.4 Å². The fraction of sp³-hybridized carbons (Fsp3) is 0.286. The molecule has 6 heteroatoms. The average Bonchev–Trinajstić information content (AvgIpc) is 2.39. The molecule has 0 fully saturated rings. The maximum Gasteiger partial charge on any atom is 0.242 e. The number of rotatable bonds is 4. The lowest BCUT2D eigenvalue weighted by molar-refractivity contribution is 0.559. The summed E-state index contributed by atoms with van der Waals surface area (Å²) >= 11 is 0. The van der Waals surface area contributed by atoms with Crippen molar-refractivity contribution < 1.29 is 4.43 Å². The van der Waals surface area contributed by atoms with Gasteiger partial charge in [0.05, 0.1) is 6.21 Å². The van der Waals surface area contributed by atoms with E-state index in [1.165, 1.54) is 12.7 Å². The quantitative estimate of drug-likeness (QED) is 0.640. The van der Waals surface area contributed by atoms with Crippen LogP contribution in [0.2, 0.25) is 19.6 Å². The maximum atomic E-state index is 6.05. The average molecular weight is 286 g/mol. The zero-order valence-corrected chi connectivity index (χ0v) is 13.2. The highest BCUT2D eigenvalue weighted by atomic mass is 28.4. The molecule has 1 heterocycles. The highest BCUT2D eigenvalue weighted by Crippen LogP contribution is 2.30. The second-order valence-corrected chi connectivity index (χ2v) is 9.87. The highest BCUT2D eigenvalue weighted by Gasteiger charge is 2.18. The van der Waals surface area contributed by atoms with E-state index in [1.54, 1.807) is 6.21 Å². The van der Waals surface area contributed by atoms with E-state index < -0.39 is 8.32 Å². The van der Waals surface area contributed by atoms with Gasteiger partial charge in [-0.05, 0) is 44.3 Å². The first-order valence-corrected chi connectivity index (χ1v) is 9.81. The predicted octanol–water partition coefficient (Wildman–Crippen LogP) is 3.14. The van der Waals surface area contributed by atoms with Gasteiger partial charge in [-0.25, -0.2) is 19.9 Å². The van der Waals surface area contributed by atoms with E-state index in [4.69, 9.17) is 4.43 Å². The molecular formula is C14H18N4OSi. The Kier molecular flexibility index (Phi) is 4.24. The van der Waals surface area contributed by atoms with Crippen molar-refractivity contribution in [2.45, 2.75) is 26.6 Å². The summed E-state index contributed by atoms with van der Waals surface area (Å²) in [6.45, 7) is 8.46. The molecule has 0 amide bonds. The number of nitrogens with zero attached hydrogens (tertiary/aromatic N) is 4. The molecule has 0 N–H and O–H groups in total. The topological polar surface area (TPSA) is 60.3 Å². The van der Waals surface area contributed by atoms with Gasteiger partial charge in [-0.2, -0.15) is 0 Å². The molecule has 0 atom stereocenters. The van der Waals surface area contributed by atoms with Crippen molar-refractivity contribution >= 4 is 20.2 Å². The zero-order valence-electron chi connectivity index (χ0n) is 12.2. The number of aliphatic imine (C=N–C) groups is 1. The number of hydrogen-bond donors (Lipinski definition) is 0.